The van der Waals surface area contributed by atoms with Gasteiger partial charge in [0, 0.05) is 0 Å². The zero-order chi connectivity index (χ0) is 5.86. The summed E-state index contributed by atoms with van der Waals surface area (Å²) in [6, 6.07) is 0. The molecule has 40 valence electrons. The number of Topliss-reactive ketones (excluding diaryl/α,β-unsaturated/α-hetero) is 2. The Morgan fingerprint density at radius 2 is 1.38 bits per heavy atom. The molecule has 8 heavy (non-hydrogen) atoms. The molecule has 0 spiro atoms. The van der Waals surface area contributed by atoms with E-state index in [2.05, 4.69) is 0 Å². The van der Waals surface area contributed by atoms with Crippen LogP contribution in [-0.4, -0.2) is 11.6 Å². The van der Waals surface area contributed by atoms with E-state index in [1.54, 1.807) is 0 Å². The van der Waals surface area contributed by atoms with Crippen LogP contribution in [0.5, 0.6) is 0 Å². The minimum absolute atomic E-state index is 0. The summed E-state index contributed by atoms with van der Waals surface area (Å²) >= 11 is 0. The molecule has 0 aromatic heterocycles. The Labute approximate surface area is 70.9 Å². The van der Waals surface area contributed by atoms with Gasteiger partial charge in [-0.05, 0) is 13.8 Å². The van der Waals surface area contributed by atoms with E-state index in [4.69, 9.17) is 0 Å². The maximum atomic E-state index is 10.0. The van der Waals surface area contributed by atoms with Crippen molar-refractivity contribution in [2.24, 2.45) is 0 Å². The molecule has 0 aliphatic heterocycles. The Kier molecular flexibility index (Phi) is 7.65. The molecule has 0 N–H and O–H groups in total. The van der Waals surface area contributed by atoms with Gasteiger partial charge in [-0.3, -0.25) is 9.59 Å². The maximum Gasteiger partial charge on any atom is 1.00 e. The van der Waals surface area contributed by atoms with Gasteiger partial charge in [-0.1, -0.05) is 0 Å². The summed E-state index contributed by atoms with van der Waals surface area (Å²) in [5.41, 5.74) is 0. The first-order valence-corrected chi connectivity index (χ1v) is 2.12. The fourth-order valence-electron chi connectivity index (χ4n) is 0.351. The van der Waals surface area contributed by atoms with Crippen LogP contribution in [0.15, 0.2) is 0 Å². The number of ketones is 2. The molecule has 2 nitrogen and oxygen atoms in total. The van der Waals surface area contributed by atoms with Crippen LogP contribution in [0.3, 0.4) is 0 Å². The van der Waals surface area contributed by atoms with E-state index in [0.717, 1.165) is 0 Å². The minimum atomic E-state index is -0.0625. The molecule has 0 saturated carbocycles. The van der Waals surface area contributed by atoms with Crippen LogP contribution in [0.2, 0.25) is 0 Å². The SMILES string of the molecule is CC(=O)CC(C)=O.[Na+]. The molecule has 0 rings (SSSR count). The summed E-state index contributed by atoms with van der Waals surface area (Å²) in [6.45, 7) is 2.81. The van der Waals surface area contributed by atoms with E-state index in [1.165, 1.54) is 13.8 Å². The molecule has 0 unspecified atom stereocenters. The zero-order valence-corrected chi connectivity index (χ0v) is 7.52. The van der Waals surface area contributed by atoms with E-state index in [0.29, 0.717) is 0 Å². The van der Waals surface area contributed by atoms with Gasteiger partial charge in [-0.25, -0.2) is 0 Å². The molecule has 0 aromatic rings. The predicted octanol–water partition coefficient (Wildman–Crippen LogP) is -2.44. The van der Waals surface area contributed by atoms with Gasteiger partial charge in [-0.2, -0.15) is 0 Å². The average Bonchev–Trinajstić information content (AvgIpc) is 1.27. The van der Waals surface area contributed by atoms with E-state index < -0.39 is 0 Å². The minimum Gasteiger partial charge on any atom is -0.300 e. The second-order valence-electron chi connectivity index (χ2n) is 1.58. The molecule has 0 aliphatic rings. The molecular weight excluding hydrogens is 115 g/mol. The summed E-state index contributed by atoms with van der Waals surface area (Å²) in [5.74, 6) is -0.125. The van der Waals surface area contributed by atoms with Crippen LogP contribution in [0.25, 0.3) is 0 Å². The van der Waals surface area contributed by atoms with Gasteiger partial charge in [0.05, 0.1) is 6.42 Å². The first-order chi connectivity index (χ1) is 3.13. The van der Waals surface area contributed by atoms with Crippen LogP contribution < -0.4 is 29.6 Å². The van der Waals surface area contributed by atoms with Crippen LogP contribution in [0, 0.1) is 0 Å². The van der Waals surface area contributed by atoms with Crippen molar-refractivity contribution in [3.63, 3.8) is 0 Å². The van der Waals surface area contributed by atoms with Crippen molar-refractivity contribution in [3.05, 3.63) is 0 Å². The quantitative estimate of drug-likeness (QED) is 0.302. The number of carbonyl (C=O) groups excluding carboxylic acids is 2. The standard InChI is InChI=1S/C5H8O2.Na/c1-4(6)3-5(2)7;/h3H2,1-2H3;/q;+1. The normalized spacial score (nSPS) is 7.25. The van der Waals surface area contributed by atoms with E-state index >= 15 is 0 Å². The number of rotatable bonds is 2. The third kappa shape index (κ3) is 9.60. The molecule has 0 heterocycles. The molecule has 3 heteroatoms. The Morgan fingerprint density at radius 1 is 1.12 bits per heavy atom. The number of hydrogen-bond acceptors (Lipinski definition) is 2. The largest absolute Gasteiger partial charge is 1.00 e. The van der Waals surface area contributed by atoms with Gasteiger partial charge >= 0.3 is 29.6 Å². The average molecular weight is 123 g/mol. The van der Waals surface area contributed by atoms with E-state index in [-0.39, 0.29) is 47.5 Å². The van der Waals surface area contributed by atoms with Crippen molar-refractivity contribution in [1.29, 1.82) is 0 Å². The van der Waals surface area contributed by atoms with Gasteiger partial charge < -0.3 is 0 Å². The second kappa shape index (κ2) is 5.48. The monoisotopic (exact) mass is 123 g/mol. The van der Waals surface area contributed by atoms with Crippen molar-refractivity contribution in [2.45, 2.75) is 20.3 Å². The molecule has 0 bridgehead atoms. The fourth-order valence-corrected chi connectivity index (χ4v) is 0.351. The molecule has 0 fully saturated rings. The molecule has 0 saturated heterocycles. The van der Waals surface area contributed by atoms with Crippen molar-refractivity contribution >= 4 is 11.6 Å². The Hall–Kier alpha value is 0.340. The zero-order valence-electron chi connectivity index (χ0n) is 5.52. The van der Waals surface area contributed by atoms with Gasteiger partial charge in [0.25, 0.3) is 0 Å². The van der Waals surface area contributed by atoms with Gasteiger partial charge in [0.2, 0.25) is 0 Å². The smallest absolute Gasteiger partial charge is 0.300 e. The Balaban J connectivity index is 0. The molecule has 0 amide bonds. The summed E-state index contributed by atoms with van der Waals surface area (Å²) in [5, 5.41) is 0. The first-order valence-electron chi connectivity index (χ1n) is 2.12. The summed E-state index contributed by atoms with van der Waals surface area (Å²) in [6.07, 6.45) is 0.0833. The number of carbonyl (C=O) groups is 2. The van der Waals surface area contributed by atoms with Crippen LogP contribution in [0.4, 0.5) is 0 Å². The maximum absolute atomic E-state index is 10.0. The molecule has 0 radical (unpaired) electrons. The first kappa shape index (κ1) is 11.2. The molecule has 0 aromatic carbocycles. The van der Waals surface area contributed by atoms with Crippen LogP contribution in [-0.2, 0) is 9.59 Å². The molecular formula is C5H8NaO2+. The topological polar surface area (TPSA) is 34.1 Å². The van der Waals surface area contributed by atoms with Crippen LogP contribution >= 0.6 is 0 Å². The molecule has 0 atom stereocenters. The van der Waals surface area contributed by atoms with Gasteiger partial charge in [0.1, 0.15) is 11.6 Å². The second-order valence-corrected chi connectivity index (χ2v) is 1.58. The summed E-state index contributed by atoms with van der Waals surface area (Å²) in [7, 11) is 0. The van der Waals surface area contributed by atoms with E-state index in [9.17, 15) is 9.59 Å². The van der Waals surface area contributed by atoms with Crippen LogP contribution in [0.1, 0.15) is 20.3 Å². The third-order valence-electron chi connectivity index (χ3n) is 0.498. The predicted molar refractivity (Wildman–Crippen MR) is 26.0 cm³/mol. The Bertz CT molecular complexity index is 86.6. The van der Waals surface area contributed by atoms with Crippen molar-refractivity contribution < 1.29 is 39.1 Å². The summed E-state index contributed by atoms with van der Waals surface area (Å²) < 4.78 is 0. The van der Waals surface area contributed by atoms with E-state index in [1.807, 2.05) is 0 Å². The third-order valence-corrected chi connectivity index (χ3v) is 0.498. The fraction of sp³-hybridized carbons (Fsp3) is 0.600. The van der Waals surface area contributed by atoms with Crippen molar-refractivity contribution in [1.82, 2.24) is 0 Å². The number of hydrogen-bond donors (Lipinski definition) is 0. The van der Waals surface area contributed by atoms with Gasteiger partial charge in [-0.15, -0.1) is 0 Å². The Morgan fingerprint density at radius 3 is 1.38 bits per heavy atom. The van der Waals surface area contributed by atoms with Crippen molar-refractivity contribution in [2.75, 3.05) is 0 Å². The van der Waals surface area contributed by atoms with Crippen molar-refractivity contribution in [3.8, 4) is 0 Å². The summed E-state index contributed by atoms with van der Waals surface area (Å²) in [4.78, 5) is 20.1. The molecule has 0 aliphatic carbocycles. The van der Waals surface area contributed by atoms with Gasteiger partial charge in [0.15, 0.2) is 0 Å².